The Morgan fingerprint density at radius 2 is 1.81 bits per heavy atom. The van der Waals surface area contributed by atoms with Gasteiger partial charge in [-0.05, 0) is 38.6 Å². The number of nitrogens with zero attached hydrogens (tertiary/aromatic N) is 3. The third-order valence-corrected chi connectivity index (χ3v) is 5.83. The van der Waals surface area contributed by atoms with Gasteiger partial charge in [-0.25, -0.2) is 4.98 Å². The molecule has 3 rings (SSSR count). The molecule has 0 bridgehead atoms. The molecule has 26 heavy (non-hydrogen) atoms. The van der Waals surface area contributed by atoms with E-state index < -0.39 is 0 Å². The van der Waals surface area contributed by atoms with Crippen LogP contribution in [0.4, 0.5) is 0 Å². The Balaban J connectivity index is 1.61. The molecule has 0 fully saturated rings. The van der Waals surface area contributed by atoms with Crippen molar-refractivity contribution in [1.82, 2.24) is 14.8 Å². The summed E-state index contributed by atoms with van der Waals surface area (Å²) < 4.78 is 1.16. The van der Waals surface area contributed by atoms with Crippen molar-refractivity contribution in [2.24, 2.45) is 0 Å². The molecule has 0 radical (unpaired) electrons. The predicted molar refractivity (Wildman–Crippen MR) is 108 cm³/mol. The minimum absolute atomic E-state index is 0.0346. The number of carbonyl (C=O) groups excluding carboxylic acids is 1. The highest BCUT2D eigenvalue weighted by Gasteiger charge is 2.21. The molecule has 0 saturated heterocycles. The molecule has 0 aliphatic carbocycles. The van der Waals surface area contributed by atoms with E-state index in [-0.39, 0.29) is 11.9 Å². The highest BCUT2D eigenvalue weighted by molar-refractivity contribution is 7.18. The third-order valence-electron chi connectivity index (χ3n) is 4.62. The van der Waals surface area contributed by atoms with Gasteiger partial charge in [0, 0.05) is 13.6 Å². The Labute approximate surface area is 159 Å². The van der Waals surface area contributed by atoms with Gasteiger partial charge in [0.05, 0.1) is 22.8 Å². The molecule has 0 N–H and O–H groups in total. The number of aryl methyl sites for hydroxylation is 1. The molecule has 136 valence electrons. The topological polar surface area (TPSA) is 36.4 Å². The van der Waals surface area contributed by atoms with E-state index in [0.29, 0.717) is 6.54 Å². The van der Waals surface area contributed by atoms with Crippen LogP contribution in [-0.2, 0) is 11.3 Å². The standard InChI is InChI=1S/C21H25N3OS/c1-15-9-11-17(12-10-15)13-23(3)14-20(25)24(4)16(2)21-22-18-7-5-6-8-19(18)26-21/h5-12,16H,13-14H2,1-4H3/t16-/m0/s1. The number of likely N-dealkylation sites (N-methyl/N-ethyl adjacent to an activating group) is 2. The van der Waals surface area contributed by atoms with Crippen molar-refractivity contribution in [1.29, 1.82) is 0 Å². The average molecular weight is 368 g/mol. The zero-order chi connectivity index (χ0) is 18.7. The fraction of sp³-hybridized carbons (Fsp3) is 0.333. The summed E-state index contributed by atoms with van der Waals surface area (Å²) in [6.45, 7) is 5.26. The zero-order valence-corrected chi connectivity index (χ0v) is 16.6. The van der Waals surface area contributed by atoms with Crippen molar-refractivity contribution < 1.29 is 4.79 Å². The number of rotatable bonds is 6. The van der Waals surface area contributed by atoms with Crippen LogP contribution in [0.2, 0.25) is 0 Å². The van der Waals surface area contributed by atoms with Gasteiger partial charge in [0.15, 0.2) is 0 Å². The van der Waals surface area contributed by atoms with E-state index in [0.717, 1.165) is 21.8 Å². The van der Waals surface area contributed by atoms with Crippen molar-refractivity contribution in [3.05, 3.63) is 64.7 Å². The minimum atomic E-state index is -0.0346. The number of hydrogen-bond donors (Lipinski definition) is 0. The van der Waals surface area contributed by atoms with Crippen LogP contribution >= 0.6 is 11.3 Å². The average Bonchev–Trinajstić information content (AvgIpc) is 3.06. The summed E-state index contributed by atoms with van der Waals surface area (Å²) in [4.78, 5) is 21.2. The van der Waals surface area contributed by atoms with Gasteiger partial charge in [-0.3, -0.25) is 9.69 Å². The SMILES string of the molecule is Cc1ccc(CN(C)CC(=O)N(C)[C@@H](C)c2nc3ccccc3s2)cc1. The van der Waals surface area contributed by atoms with E-state index in [9.17, 15) is 4.79 Å². The molecule has 1 amide bonds. The summed E-state index contributed by atoms with van der Waals surface area (Å²) in [5, 5.41) is 0.975. The lowest BCUT2D eigenvalue weighted by molar-refractivity contribution is -0.132. The molecule has 5 heteroatoms. The Hall–Kier alpha value is -2.24. The summed E-state index contributed by atoms with van der Waals surface area (Å²) in [6, 6.07) is 16.5. The summed E-state index contributed by atoms with van der Waals surface area (Å²) in [5.74, 6) is 0.103. The van der Waals surface area contributed by atoms with Gasteiger partial charge < -0.3 is 4.90 Å². The molecule has 1 heterocycles. The molecule has 4 nitrogen and oxygen atoms in total. The normalized spacial score (nSPS) is 12.5. The van der Waals surface area contributed by atoms with E-state index >= 15 is 0 Å². The third kappa shape index (κ3) is 4.29. The highest BCUT2D eigenvalue weighted by atomic mass is 32.1. The first kappa shape index (κ1) is 18.5. The van der Waals surface area contributed by atoms with Crippen molar-refractivity contribution in [2.75, 3.05) is 20.6 Å². The summed E-state index contributed by atoms with van der Waals surface area (Å²) in [7, 11) is 3.84. The number of benzene rings is 2. The van der Waals surface area contributed by atoms with Crippen LogP contribution in [0.25, 0.3) is 10.2 Å². The maximum Gasteiger partial charge on any atom is 0.237 e. The van der Waals surface area contributed by atoms with Gasteiger partial charge in [-0.15, -0.1) is 11.3 Å². The molecule has 2 aromatic carbocycles. The second kappa shape index (κ2) is 7.98. The Kier molecular flexibility index (Phi) is 5.69. The van der Waals surface area contributed by atoms with Crippen LogP contribution in [0, 0.1) is 6.92 Å². The van der Waals surface area contributed by atoms with Gasteiger partial charge in [-0.1, -0.05) is 42.0 Å². The van der Waals surface area contributed by atoms with Crippen molar-refractivity contribution in [3.63, 3.8) is 0 Å². The summed E-state index contributed by atoms with van der Waals surface area (Å²) >= 11 is 1.66. The lowest BCUT2D eigenvalue weighted by atomic mass is 10.1. The van der Waals surface area contributed by atoms with Crippen LogP contribution in [-0.4, -0.2) is 41.3 Å². The lowest BCUT2D eigenvalue weighted by Crippen LogP contribution is -2.37. The monoisotopic (exact) mass is 367 g/mol. The molecule has 0 aliphatic heterocycles. The van der Waals surface area contributed by atoms with Gasteiger partial charge in [-0.2, -0.15) is 0 Å². The van der Waals surface area contributed by atoms with Crippen LogP contribution in [0.15, 0.2) is 48.5 Å². The number of hydrogen-bond acceptors (Lipinski definition) is 4. The minimum Gasteiger partial charge on any atom is -0.335 e. The van der Waals surface area contributed by atoms with E-state index in [1.54, 1.807) is 16.2 Å². The molecule has 0 unspecified atom stereocenters. The largest absolute Gasteiger partial charge is 0.335 e. The van der Waals surface area contributed by atoms with Gasteiger partial charge in [0.1, 0.15) is 5.01 Å². The first-order valence-electron chi connectivity index (χ1n) is 8.79. The van der Waals surface area contributed by atoms with E-state index in [4.69, 9.17) is 0 Å². The molecule has 0 saturated carbocycles. The molecule has 0 spiro atoms. The van der Waals surface area contributed by atoms with Crippen LogP contribution in [0.3, 0.4) is 0 Å². The Bertz CT molecular complexity index is 855. The number of thiazole rings is 1. The van der Waals surface area contributed by atoms with Gasteiger partial charge in [0.2, 0.25) is 5.91 Å². The van der Waals surface area contributed by atoms with Crippen molar-refractivity contribution in [3.8, 4) is 0 Å². The number of carbonyl (C=O) groups is 1. The van der Waals surface area contributed by atoms with Crippen molar-refractivity contribution >= 4 is 27.5 Å². The summed E-state index contributed by atoms with van der Waals surface area (Å²) in [5.41, 5.74) is 3.46. The summed E-state index contributed by atoms with van der Waals surface area (Å²) in [6.07, 6.45) is 0. The van der Waals surface area contributed by atoms with Gasteiger partial charge in [0.25, 0.3) is 0 Å². The lowest BCUT2D eigenvalue weighted by Gasteiger charge is -2.26. The highest BCUT2D eigenvalue weighted by Crippen LogP contribution is 2.28. The fourth-order valence-electron chi connectivity index (χ4n) is 2.85. The first-order valence-corrected chi connectivity index (χ1v) is 9.61. The molecule has 1 aromatic heterocycles. The maximum atomic E-state index is 12.7. The second-order valence-electron chi connectivity index (χ2n) is 6.86. The Morgan fingerprint density at radius 3 is 2.50 bits per heavy atom. The molecular formula is C21H25N3OS. The van der Waals surface area contributed by atoms with Crippen LogP contribution < -0.4 is 0 Å². The van der Waals surface area contributed by atoms with E-state index in [1.165, 1.54) is 11.1 Å². The number of amides is 1. The maximum absolute atomic E-state index is 12.7. The molecule has 3 aromatic rings. The van der Waals surface area contributed by atoms with Crippen LogP contribution in [0.5, 0.6) is 0 Å². The second-order valence-corrected chi connectivity index (χ2v) is 7.92. The molecular weight excluding hydrogens is 342 g/mol. The number of aromatic nitrogens is 1. The van der Waals surface area contributed by atoms with Crippen molar-refractivity contribution in [2.45, 2.75) is 26.4 Å². The smallest absolute Gasteiger partial charge is 0.237 e. The molecule has 0 aliphatic rings. The number of fused-ring (bicyclic) bond motifs is 1. The van der Waals surface area contributed by atoms with E-state index in [2.05, 4.69) is 47.1 Å². The molecule has 1 atom stereocenters. The Morgan fingerprint density at radius 1 is 1.12 bits per heavy atom. The fourth-order valence-corrected chi connectivity index (χ4v) is 3.92. The predicted octanol–water partition coefficient (Wildman–Crippen LogP) is 4.26. The van der Waals surface area contributed by atoms with Crippen LogP contribution in [0.1, 0.15) is 29.1 Å². The van der Waals surface area contributed by atoms with Gasteiger partial charge >= 0.3 is 0 Å². The number of para-hydroxylation sites is 1. The quantitative estimate of drug-likeness (QED) is 0.653. The first-order chi connectivity index (χ1) is 12.4. The zero-order valence-electron chi connectivity index (χ0n) is 15.8. The van der Waals surface area contributed by atoms with E-state index in [1.807, 2.05) is 39.2 Å².